The molecule has 1 aromatic carbocycles. The molecule has 2 aromatic rings. The lowest BCUT2D eigenvalue weighted by molar-refractivity contribution is 0.553. The van der Waals surface area contributed by atoms with Crippen LogP contribution in [0.25, 0.3) is 0 Å². The molecule has 6 heteroatoms. The van der Waals surface area contributed by atoms with E-state index in [1.807, 2.05) is 31.4 Å². The average molecular weight is 324 g/mol. The van der Waals surface area contributed by atoms with E-state index in [0.717, 1.165) is 23.5 Å². The summed E-state index contributed by atoms with van der Waals surface area (Å²) in [5.41, 5.74) is 0.918. The Labute approximate surface area is 130 Å². The Bertz CT molecular complexity index is 649. The minimum atomic E-state index is -3.50. The molecule has 1 unspecified atom stereocenters. The summed E-state index contributed by atoms with van der Waals surface area (Å²) in [6.45, 7) is 4.78. The normalized spacial score (nSPS) is 13.0. The van der Waals surface area contributed by atoms with Gasteiger partial charge in [0.2, 0.25) is 10.0 Å². The first-order valence-electron chi connectivity index (χ1n) is 6.96. The molecule has 0 aliphatic heterocycles. The number of nitrogens with one attached hydrogen (secondary N) is 2. The minimum absolute atomic E-state index is 0.177. The van der Waals surface area contributed by atoms with Crippen molar-refractivity contribution in [3.8, 4) is 0 Å². The predicted molar refractivity (Wildman–Crippen MR) is 88.3 cm³/mol. The molecule has 2 N–H and O–H groups in total. The van der Waals surface area contributed by atoms with Gasteiger partial charge in [-0.05, 0) is 49.1 Å². The molecule has 1 aromatic heterocycles. The number of thiophene rings is 1. The first-order chi connectivity index (χ1) is 10.1. The van der Waals surface area contributed by atoms with Crippen molar-refractivity contribution in [2.75, 3.05) is 11.9 Å². The molecule has 0 fully saturated rings. The van der Waals surface area contributed by atoms with Crippen LogP contribution in [0.3, 0.4) is 0 Å². The zero-order chi connectivity index (χ0) is 15.3. The zero-order valence-corrected chi connectivity index (χ0v) is 13.8. The highest BCUT2D eigenvalue weighted by Gasteiger charge is 2.20. The van der Waals surface area contributed by atoms with Gasteiger partial charge in [-0.2, -0.15) is 0 Å². The Morgan fingerprint density at radius 3 is 2.38 bits per heavy atom. The maximum atomic E-state index is 12.4. The van der Waals surface area contributed by atoms with Gasteiger partial charge in [-0.25, -0.2) is 13.1 Å². The Morgan fingerprint density at radius 2 is 1.86 bits per heavy atom. The summed E-state index contributed by atoms with van der Waals surface area (Å²) in [7, 11) is -3.50. The molecule has 0 bridgehead atoms. The van der Waals surface area contributed by atoms with Crippen molar-refractivity contribution in [1.29, 1.82) is 0 Å². The third kappa shape index (κ3) is 4.06. The summed E-state index contributed by atoms with van der Waals surface area (Å²) in [6, 6.07) is 10.5. The monoisotopic (exact) mass is 324 g/mol. The third-order valence-corrected chi connectivity index (χ3v) is 5.61. The molecule has 0 amide bonds. The smallest absolute Gasteiger partial charge is 0.241 e. The van der Waals surface area contributed by atoms with Gasteiger partial charge in [0.15, 0.2) is 0 Å². The van der Waals surface area contributed by atoms with Crippen molar-refractivity contribution >= 4 is 27.0 Å². The second-order valence-corrected chi connectivity index (χ2v) is 7.35. The van der Waals surface area contributed by atoms with Crippen LogP contribution in [0.15, 0.2) is 46.7 Å². The van der Waals surface area contributed by atoms with Crippen LogP contribution >= 0.6 is 11.3 Å². The third-order valence-electron chi connectivity index (χ3n) is 3.14. The predicted octanol–water partition coefficient (Wildman–Crippen LogP) is 3.61. The highest BCUT2D eigenvalue weighted by atomic mass is 32.2. The summed E-state index contributed by atoms with van der Waals surface area (Å²) < 4.78 is 27.7. The number of hydrogen-bond acceptors (Lipinski definition) is 4. The van der Waals surface area contributed by atoms with Crippen LogP contribution in [-0.4, -0.2) is 15.0 Å². The van der Waals surface area contributed by atoms with Crippen LogP contribution in [0.5, 0.6) is 0 Å². The fourth-order valence-corrected chi connectivity index (χ4v) is 4.28. The molecule has 4 nitrogen and oxygen atoms in total. The summed E-state index contributed by atoms with van der Waals surface area (Å²) in [4.78, 5) is 1.32. The van der Waals surface area contributed by atoms with E-state index in [4.69, 9.17) is 0 Å². The van der Waals surface area contributed by atoms with E-state index >= 15 is 0 Å². The molecule has 0 saturated heterocycles. The van der Waals surface area contributed by atoms with Crippen molar-refractivity contribution in [3.05, 3.63) is 46.7 Å². The van der Waals surface area contributed by atoms with Gasteiger partial charge in [0.25, 0.3) is 0 Å². The lowest BCUT2D eigenvalue weighted by atomic mass is 10.2. The molecule has 0 saturated carbocycles. The summed E-state index contributed by atoms with van der Waals surface area (Å²) in [5.74, 6) is 0. The van der Waals surface area contributed by atoms with Gasteiger partial charge in [0.1, 0.15) is 0 Å². The van der Waals surface area contributed by atoms with Gasteiger partial charge in [0.05, 0.1) is 10.9 Å². The molecule has 1 atom stereocenters. The summed E-state index contributed by atoms with van der Waals surface area (Å²) in [6.07, 6.45) is 0.717. The zero-order valence-electron chi connectivity index (χ0n) is 12.2. The Balaban J connectivity index is 2.17. The summed E-state index contributed by atoms with van der Waals surface area (Å²) >= 11 is 1.56. The Kier molecular flexibility index (Phi) is 5.39. The van der Waals surface area contributed by atoms with E-state index in [1.54, 1.807) is 35.6 Å². The fourth-order valence-electron chi connectivity index (χ4n) is 2.04. The standard InChI is InChI=1S/C15H20N2O2S2/c1-3-14(15-6-5-11-20-15)17-21(18,19)13-9-7-12(8-10-13)16-4-2/h5-11,14,16-17H,3-4H2,1-2H3. The van der Waals surface area contributed by atoms with E-state index < -0.39 is 10.0 Å². The van der Waals surface area contributed by atoms with Gasteiger partial charge in [0, 0.05) is 17.1 Å². The molecule has 0 aliphatic rings. The van der Waals surface area contributed by atoms with Gasteiger partial charge >= 0.3 is 0 Å². The van der Waals surface area contributed by atoms with Crippen LogP contribution in [0.4, 0.5) is 5.69 Å². The number of sulfonamides is 1. The van der Waals surface area contributed by atoms with Crippen LogP contribution in [0.2, 0.25) is 0 Å². The molecule has 1 heterocycles. The molecule has 0 radical (unpaired) electrons. The Hall–Kier alpha value is -1.37. The van der Waals surface area contributed by atoms with Crippen LogP contribution < -0.4 is 10.0 Å². The van der Waals surface area contributed by atoms with Gasteiger partial charge in [-0.3, -0.25) is 0 Å². The fraction of sp³-hybridized carbons (Fsp3) is 0.333. The lowest BCUT2D eigenvalue weighted by Gasteiger charge is -2.16. The van der Waals surface area contributed by atoms with Crippen LogP contribution in [-0.2, 0) is 10.0 Å². The van der Waals surface area contributed by atoms with E-state index in [2.05, 4.69) is 10.0 Å². The Morgan fingerprint density at radius 1 is 1.14 bits per heavy atom. The highest BCUT2D eigenvalue weighted by molar-refractivity contribution is 7.89. The van der Waals surface area contributed by atoms with E-state index in [1.165, 1.54) is 0 Å². The molecular weight excluding hydrogens is 304 g/mol. The summed E-state index contributed by atoms with van der Waals surface area (Å²) in [5, 5.41) is 5.10. The minimum Gasteiger partial charge on any atom is -0.385 e. The second kappa shape index (κ2) is 7.06. The number of benzene rings is 1. The SMILES string of the molecule is CCNc1ccc(S(=O)(=O)NC(CC)c2cccs2)cc1. The topological polar surface area (TPSA) is 58.2 Å². The maximum Gasteiger partial charge on any atom is 0.241 e. The van der Waals surface area contributed by atoms with Crippen molar-refractivity contribution in [1.82, 2.24) is 4.72 Å². The second-order valence-electron chi connectivity index (χ2n) is 4.65. The number of anilines is 1. The molecule has 2 rings (SSSR count). The van der Waals surface area contributed by atoms with Gasteiger partial charge in [-0.15, -0.1) is 11.3 Å². The molecular formula is C15H20N2O2S2. The average Bonchev–Trinajstić information content (AvgIpc) is 3.00. The van der Waals surface area contributed by atoms with Crippen LogP contribution in [0, 0.1) is 0 Å². The first kappa shape index (κ1) is 16.0. The van der Waals surface area contributed by atoms with Crippen molar-refractivity contribution in [2.24, 2.45) is 0 Å². The van der Waals surface area contributed by atoms with Crippen molar-refractivity contribution < 1.29 is 8.42 Å². The molecule has 0 aliphatic carbocycles. The van der Waals surface area contributed by atoms with Crippen LogP contribution in [0.1, 0.15) is 31.2 Å². The van der Waals surface area contributed by atoms with E-state index in [9.17, 15) is 8.42 Å². The first-order valence-corrected chi connectivity index (χ1v) is 9.32. The maximum absolute atomic E-state index is 12.4. The largest absolute Gasteiger partial charge is 0.385 e. The molecule has 114 valence electrons. The number of rotatable bonds is 7. The quantitative estimate of drug-likeness (QED) is 0.818. The molecule has 21 heavy (non-hydrogen) atoms. The lowest BCUT2D eigenvalue weighted by Crippen LogP contribution is -2.27. The van der Waals surface area contributed by atoms with E-state index in [-0.39, 0.29) is 6.04 Å². The number of hydrogen-bond donors (Lipinski definition) is 2. The van der Waals surface area contributed by atoms with E-state index in [0.29, 0.717) is 4.90 Å². The van der Waals surface area contributed by atoms with Crippen molar-refractivity contribution in [3.63, 3.8) is 0 Å². The highest BCUT2D eigenvalue weighted by Crippen LogP contribution is 2.24. The van der Waals surface area contributed by atoms with Gasteiger partial charge in [-0.1, -0.05) is 13.0 Å². The van der Waals surface area contributed by atoms with Gasteiger partial charge < -0.3 is 5.32 Å². The molecule has 0 spiro atoms. The van der Waals surface area contributed by atoms with Crippen molar-refractivity contribution in [2.45, 2.75) is 31.2 Å².